The van der Waals surface area contributed by atoms with E-state index in [0.29, 0.717) is 12.1 Å². The number of piperazine rings is 1. The van der Waals surface area contributed by atoms with Gasteiger partial charge in [-0.15, -0.1) is 0 Å². The molecule has 1 unspecified atom stereocenters. The number of fused-ring (bicyclic) bond motifs is 1. The van der Waals surface area contributed by atoms with Gasteiger partial charge in [-0.3, -0.25) is 14.4 Å². The van der Waals surface area contributed by atoms with E-state index in [-0.39, 0.29) is 11.9 Å². The van der Waals surface area contributed by atoms with Crippen LogP contribution in [0.2, 0.25) is 0 Å². The molecule has 0 aliphatic carbocycles. The van der Waals surface area contributed by atoms with Gasteiger partial charge in [0, 0.05) is 49.2 Å². The molecule has 3 aromatic rings. The average molecular weight is 474 g/mol. The average Bonchev–Trinajstić information content (AvgIpc) is 3.28. The highest BCUT2D eigenvalue weighted by molar-refractivity contribution is 5.97. The van der Waals surface area contributed by atoms with E-state index in [9.17, 15) is 4.79 Å². The van der Waals surface area contributed by atoms with Crippen LogP contribution in [0.25, 0.3) is 11.1 Å². The fourth-order valence-corrected chi connectivity index (χ4v) is 5.30. The summed E-state index contributed by atoms with van der Waals surface area (Å²) in [6, 6.07) is 13.4. The first-order valence-corrected chi connectivity index (χ1v) is 12.5. The van der Waals surface area contributed by atoms with Crippen molar-refractivity contribution in [2.75, 3.05) is 31.6 Å². The number of aryl methyl sites for hydroxylation is 2. The summed E-state index contributed by atoms with van der Waals surface area (Å²) in [5.74, 6) is 0.700. The van der Waals surface area contributed by atoms with Crippen LogP contribution in [0.5, 0.6) is 5.75 Å². The molecule has 2 aromatic carbocycles. The predicted molar refractivity (Wildman–Crippen MR) is 139 cm³/mol. The van der Waals surface area contributed by atoms with Crippen LogP contribution in [-0.4, -0.2) is 59.4 Å². The summed E-state index contributed by atoms with van der Waals surface area (Å²) < 4.78 is 7.32. The van der Waals surface area contributed by atoms with Crippen LogP contribution < -0.4 is 15.0 Å². The minimum Gasteiger partial charge on any atom is -0.497 e. The van der Waals surface area contributed by atoms with E-state index in [1.165, 1.54) is 13.0 Å². The maximum absolute atomic E-state index is 13.4. The smallest absolute Gasteiger partial charge is 0.252 e. The molecular formula is C28H35N5O2. The lowest BCUT2D eigenvalue weighted by molar-refractivity contribution is 0.0117. The molecule has 5 rings (SSSR count). The molecule has 35 heavy (non-hydrogen) atoms. The summed E-state index contributed by atoms with van der Waals surface area (Å²) in [5, 5.41) is 7.49. The Morgan fingerprint density at radius 1 is 1.17 bits per heavy atom. The highest BCUT2D eigenvalue weighted by atomic mass is 16.5. The van der Waals surface area contributed by atoms with Gasteiger partial charge in [-0.2, -0.15) is 5.10 Å². The topological polar surface area (TPSA) is 62.6 Å². The lowest BCUT2D eigenvalue weighted by Crippen LogP contribution is -2.79. The van der Waals surface area contributed by atoms with Crippen LogP contribution in [0.3, 0.4) is 0 Å². The van der Waals surface area contributed by atoms with Crippen molar-refractivity contribution in [2.45, 2.75) is 45.3 Å². The number of hydrogen-bond acceptors (Lipinski definition) is 5. The number of likely N-dealkylation sites (tertiary alicyclic amines) is 1. The van der Waals surface area contributed by atoms with Crippen molar-refractivity contribution in [3.8, 4) is 16.9 Å². The van der Waals surface area contributed by atoms with E-state index in [1.807, 2.05) is 45.4 Å². The number of nitrogens with one attached hydrogen (secondary N) is 1. The van der Waals surface area contributed by atoms with E-state index in [0.717, 1.165) is 52.3 Å². The number of hydrogen-bond donors (Lipinski definition) is 1. The fourth-order valence-electron chi connectivity index (χ4n) is 5.30. The van der Waals surface area contributed by atoms with Crippen molar-refractivity contribution in [1.82, 2.24) is 20.0 Å². The molecule has 0 spiro atoms. The number of ether oxygens (including phenoxy) is 1. The van der Waals surface area contributed by atoms with Gasteiger partial charge in [-0.1, -0.05) is 13.0 Å². The molecule has 3 atom stereocenters. The van der Waals surface area contributed by atoms with Gasteiger partial charge in [0.2, 0.25) is 0 Å². The second-order valence-electron chi connectivity index (χ2n) is 9.87. The lowest BCUT2D eigenvalue weighted by atomic mass is 9.84. The first-order chi connectivity index (χ1) is 16.9. The van der Waals surface area contributed by atoms with Crippen molar-refractivity contribution in [2.24, 2.45) is 7.05 Å². The van der Waals surface area contributed by atoms with Crippen molar-refractivity contribution >= 4 is 11.6 Å². The number of anilines is 1. The lowest BCUT2D eigenvalue weighted by Gasteiger charge is -2.63. The Morgan fingerprint density at radius 2 is 2.00 bits per heavy atom. The van der Waals surface area contributed by atoms with Gasteiger partial charge in [-0.05, 0) is 73.8 Å². The maximum atomic E-state index is 13.4. The van der Waals surface area contributed by atoms with Crippen molar-refractivity contribution in [1.29, 1.82) is 0 Å². The second-order valence-corrected chi connectivity index (χ2v) is 9.87. The zero-order valence-electron chi connectivity index (χ0n) is 21.3. The van der Waals surface area contributed by atoms with E-state index in [1.54, 1.807) is 11.8 Å². The number of carbonyl (C=O) groups excluding carboxylic acids is 1. The predicted octanol–water partition coefficient (Wildman–Crippen LogP) is 4.18. The summed E-state index contributed by atoms with van der Waals surface area (Å²) in [5.41, 5.74) is 5.87. The Hall–Kier alpha value is -3.32. The zero-order chi connectivity index (χ0) is 24.7. The third-order valence-electron chi connectivity index (χ3n) is 7.48. The molecule has 2 aliphatic rings. The van der Waals surface area contributed by atoms with E-state index in [2.05, 4.69) is 51.4 Å². The molecule has 1 aromatic heterocycles. The Bertz CT molecular complexity index is 1240. The zero-order valence-corrected chi connectivity index (χ0v) is 21.3. The number of methoxy groups -OCH3 is 1. The summed E-state index contributed by atoms with van der Waals surface area (Å²) in [6.07, 6.45) is 5.01. The molecule has 2 saturated heterocycles. The van der Waals surface area contributed by atoms with E-state index in [4.69, 9.17) is 4.74 Å². The Balaban J connectivity index is 1.32. The molecule has 0 radical (unpaired) electrons. The van der Waals surface area contributed by atoms with Crippen molar-refractivity contribution in [3.63, 3.8) is 0 Å². The summed E-state index contributed by atoms with van der Waals surface area (Å²) in [6.45, 7) is 9.60. The number of nitrogens with zero attached hydrogens (tertiary/aromatic N) is 4. The van der Waals surface area contributed by atoms with Gasteiger partial charge in [0.05, 0.1) is 25.4 Å². The monoisotopic (exact) mass is 473 g/mol. The maximum Gasteiger partial charge on any atom is 0.252 e. The molecule has 2 aliphatic heterocycles. The molecule has 3 heterocycles. The quantitative estimate of drug-likeness (QED) is 0.532. The Labute approximate surface area is 207 Å². The fraction of sp³-hybridized carbons (Fsp3) is 0.429. The van der Waals surface area contributed by atoms with Gasteiger partial charge in [0.15, 0.2) is 0 Å². The summed E-state index contributed by atoms with van der Waals surface area (Å²) in [7, 11) is 3.56. The van der Waals surface area contributed by atoms with Crippen LogP contribution >= 0.6 is 0 Å². The number of rotatable bonds is 8. The second kappa shape index (κ2) is 9.38. The number of benzene rings is 2. The molecule has 2 fully saturated rings. The SMILES string of the molecule is CCCN1CC2[C@@H]1CN2c1ccc(C)c(C(=O)N[C@H](C)c2cc(OC)cc(-c3cnn(C)c3)c2)c1. The van der Waals surface area contributed by atoms with E-state index < -0.39 is 0 Å². The van der Waals surface area contributed by atoms with Crippen LogP contribution in [0.1, 0.15) is 47.8 Å². The normalized spacial score (nSPS) is 20.0. The first kappa shape index (κ1) is 23.4. The van der Waals surface area contributed by atoms with Gasteiger partial charge >= 0.3 is 0 Å². The molecule has 7 nitrogen and oxygen atoms in total. The summed E-state index contributed by atoms with van der Waals surface area (Å²) in [4.78, 5) is 18.4. The van der Waals surface area contributed by atoms with Crippen LogP contribution in [0.15, 0.2) is 48.8 Å². The largest absolute Gasteiger partial charge is 0.497 e. The third-order valence-corrected chi connectivity index (χ3v) is 7.48. The molecule has 7 heteroatoms. The molecule has 1 amide bonds. The minimum atomic E-state index is -0.182. The Kier molecular flexibility index (Phi) is 6.28. The van der Waals surface area contributed by atoms with Gasteiger partial charge in [-0.25, -0.2) is 0 Å². The highest BCUT2D eigenvalue weighted by Crippen LogP contribution is 2.38. The number of amides is 1. The highest BCUT2D eigenvalue weighted by Gasteiger charge is 2.50. The first-order valence-electron chi connectivity index (χ1n) is 12.5. The number of aromatic nitrogens is 2. The molecule has 1 N–H and O–H groups in total. The molecular weight excluding hydrogens is 438 g/mol. The minimum absolute atomic E-state index is 0.0547. The van der Waals surface area contributed by atoms with Gasteiger partial charge < -0.3 is 15.0 Å². The molecule has 184 valence electrons. The molecule has 0 saturated carbocycles. The van der Waals surface area contributed by atoms with E-state index >= 15 is 0 Å². The van der Waals surface area contributed by atoms with Crippen LogP contribution in [0, 0.1) is 6.92 Å². The summed E-state index contributed by atoms with van der Waals surface area (Å²) >= 11 is 0. The van der Waals surface area contributed by atoms with Gasteiger partial charge in [0.25, 0.3) is 5.91 Å². The Morgan fingerprint density at radius 3 is 2.66 bits per heavy atom. The van der Waals surface area contributed by atoms with Crippen LogP contribution in [0.4, 0.5) is 5.69 Å². The van der Waals surface area contributed by atoms with Crippen molar-refractivity contribution in [3.05, 3.63) is 65.5 Å². The van der Waals surface area contributed by atoms with Crippen molar-refractivity contribution < 1.29 is 9.53 Å². The van der Waals surface area contributed by atoms with Gasteiger partial charge in [0.1, 0.15) is 5.75 Å². The van der Waals surface area contributed by atoms with Crippen LogP contribution in [-0.2, 0) is 7.05 Å². The third kappa shape index (κ3) is 4.41. The molecule has 0 bridgehead atoms. The standard InChI is InChI=1S/C28H35N5O2/c1-6-9-32-16-27-26(32)17-33(27)23-8-7-18(2)25(13-23)28(34)30-19(3)20-10-21(12-24(11-20)35-5)22-14-29-31(4)15-22/h7-8,10-15,19,26-27H,6,9,16-17H2,1-5H3,(H,30,34)/t19-,26+,27?/m1/s1. The number of carbonyl (C=O) groups is 1.